The zero-order valence-electron chi connectivity index (χ0n) is 11.9. The first-order valence-corrected chi connectivity index (χ1v) is 6.52. The van der Waals surface area contributed by atoms with Crippen molar-refractivity contribution >= 4 is 0 Å². The molecule has 0 aliphatic heterocycles. The molecule has 20 heavy (non-hydrogen) atoms. The molecule has 0 N–H and O–H groups in total. The van der Waals surface area contributed by atoms with Gasteiger partial charge in [-0.1, -0.05) is 32.0 Å². The molecule has 1 aromatic carbocycles. The highest BCUT2D eigenvalue weighted by Crippen LogP contribution is 2.06. The van der Waals surface area contributed by atoms with Crippen LogP contribution >= 0.6 is 0 Å². The summed E-state index contributed by atoms with van der Waals surface area (Å²) in [5.74, 6) is 0.384. The van der Waals surface area contributed by atoms with E-state index in [1.165, 1.54) is 15.4 Å². The summed E-state index contributed by atoms with van der Waals surface area (Å²) in [6.45, 7) is 4.37. The van der Waals surface area contributed by atoms with E-state index in [4.69, 9.17) is 4.74 Å². The molecule has 0 unspecified atom stereocenters. The lowest BCUT2D eigenvalue weighted by Gasteiger charge is -2.14. The number of rotatable bonds is 4. The van der Waals surface area contributed by atoms with E-state index in [0.717, 1.165) is 0 Å². The van der Waals surface area contributed by atoms with E-state index in [1.54, 1.807) is 19.2 Å². The van der Waals surface area contributed by atoms with Gasteiger partial charge in [0.05, 0.1) is 18.4 Å². The quantitative estimate of drug-likeness (QED) is 0.850. The molecule has 0 spiro atoms. The number of ether oxygens (including phenoxy) is 1. The molecule has 0 atom stereocenters. The topological polar surface area (TPSA) is 53.2 Å². The van der Waals surface area contributed by atoms with Gasteiger partial charge in [-0.05, 0) is 18.1 Å². The Hall–Kier alpha value is -2.30. The van der Waals surface area contributed by atoms with Gasteiger partial charge >= 0.3 is 5.56 Å². The van der Waals surface area contributed by atoms with Gasteiger partial charge < -0.3 is 4.74 Å². The highest BCUT2D eigenvalue weighted by atomic mass is 16.5. The van der Waals surface area contributed by atoms with E-state index in [1.807, 2.05) is 32.0 Å². The minimum absolute atomic E-state index is 0.0957. The van der Waals surface area contributed by atoms with Gasteiger partial charge in [-0.15, -0.1) is 0 Å². The van der Waals surface area contributed by atoms with Crippen molar-refractivity contribution < 1.29 is 4.74 Å². The predicted molar refractivity (Wildman–Crippen MR) is 77.6 cm³/mol. The predicted octanol–water partition coefficient (Wildman–Crippen LogP) is 1.57. The van der Waals surface area contributed by atoms with Crippen molar-refractivity contribution in [2.45, 2.75) is 13.8 Å². The highest BCUT2D eigenvalue weighted by molar-refractivity contribution is 5.31. The van der Waals surface area contributed by atoms with Crippen LogP contribution in [0.5, 0.6) is 5.75 Å². The maximum atomic E-state index is 12.2. The zero-order chi connectivity index (χ0) is 14.7. The maximum Gasteiger partial charge on any atom is 0.307 e. The molecular formula is C15H18N2O3. The minimum Gasteiger partial charge on any atom is -0.487 e. The van der Waals surface area contributed by atoms with Crippen LogP contribution in [-0.4, -0.2) is 16.0 Å². The van der Waals surface area contributed by atoms with E-state index in [9.17, 15) is 9.59 Å². The third-order valence-electron chi connectivity index (χ3n) is 2.84. The standard InChI is InChI=1S/C15H18N2O3/c1-11(2)10-20-13-9-14(18)17(16(3)15(13)19)12-7-5-4-6-8-12/h4-9,11H,10H2,1-3H3. The van der Waals surface area contributed by atoms with Crippen LogP contribution in [0.2, 0.25) is 0 Å². The summed E-state index contributed by atoms with van der Waals surface area (Å²) < 4.78 is 8.00. The molecule has 2 rings (SSSR count). The monoisotopic (exact) mass is 274 g/mol. The van der Waals surface area contributed by atoms with Crippen LogP contribution in [-0.2, 0) is 7.05 Å². The number of nitrogens with zero attached hydrogens (tertiary/aromatic N) is 2. The first-order chi connectivity index (χ1) is 9.50. The van der Waals surface area contributed by atoms with Crippen molar-refractivity contribution in [1.29, 1.82) is 0 Å². The lowest BCUT2D eigenvalue weighted by molar-refractivity contribution is 0.263. The first kappa shape index (κ1) is 14.1. The molecule has 0 bridgehead atoms. The van der Waals surface area contributed by atoms with E-state index in [-0.39, 0.29) is 22.8 Å². The van der Waals surface area contributed by atoms with Crippen molar-refractivity contribution in [3.05, 3.63) is 57.1 Å². The highest BCUT2D eigenvalue weighted by Gasteiger charge is 2.11. The fourth-order valence-corrected chi connectivity index (χ4v) is 1.86. The Bertz CT molecular complexity index is 699. The Kier molecular flexibility index (Phi) is 4.08. The third-order valence-corrected chi connectivity index (χ3v) is 2.84. The molecule has 0 aliphatic rings. The van der Waals surface area contributed by atoms with Crippen LogP contribution in [0.25, 0.3) is 5.69 Å². The van der Waals surface area contributed by atoms with E-state index >= 15 is 0 Å². The van der Waals surface area contributed by atoms with Gasteiger partial charge in [-0.25, -0.2) is 9.36 Å². The Morgan fingerprint density at radius 3 is 2.40 bits per heavy atom. The number of aromatic nitrogens is 2. The minimum atomic E-state index is -0.325. The van der Waals surface area contributed by atoms with Gasteiger partial charge in [-0.3, -0.25) is 9.59 Å². The van der Waals surface area contributed by atoms with Crippen LogP contribution in [0.15, 0.2) is 46.0 Å². The molecule has 1 aromatic heterocycles. The summed E-state index contributed by atoms with van der Waals surface area (Å²) in [7, 11) is 1.55. The van der Waals surface area contributed by atoms with Crippen LogP contribution in [0, 0.1) is 5.92 Å². The molecule has 0 saturated heterocycles. The molecule has 106 valence electrons. The largest absolute Gasteiger partial charge is 0.487 e. The normalized spacial score (nSPS) is 10.8. The van der Waals surface area contributed by atoms with E-state index < -0.39 is 0 Å². The van der Waals surface area contributed by atoms with Crippen LogP contribution in [0.1, 0.15) is 13.8 Å². The van der Waals surface area contributed by atoms with Crippen molar-refractivity contribution in [1.82, 2.24) is 9.36 Å². The molecule has 0 saturated carbocycles. The number of benzene rings is 1. The van der Waals surface area contributed by atoms with Crippen LogP contribution in [0.3, 0.4) is 0 Å². The number of hydrogen-bond acceptors (Lipinski definition) is 3. The van der Waals surface area contributed by atoms with Gasteiger partial charge in [0, 0.05) is 7.05 Å². The third kappa shape index (κ3) is 2.82. The Labute approximate surface area is 117 Å². The molecule has 0 amide bonds. The molecule has 2 aromatic rings. The van der Waals surface area contributed by atoms with Crippen molar-refractivity contribution in [2.75, 3.05) is 6.61 Å². The summed E-state index contributed by atoms with van der Waals surface area (Å²) in [5.41, 5.74) is 0.0265. The summed E-state index contributed by atoms with van der Waals surface area (Å²) in [4.78, 5) is 24.4. The van der Waals surface area contributed by atoms with Gasteiger partial charge in [0.15, 0.2) is 5.75 Å². The SMILES string of the molecule is CC(C)COc1cc(=O)n(-c2ccccc2)n(C)c1=O. The Balaban J connectivity index is 2.51. The second-order valence-corrected chi connectivity index (χ2v) is 5.03. The zero-order valence-corrected chi connectivity index (χ0v) is 11.9. The summed E-state index contributed by atoms with van der Waals surface area (Å²) in [6, 6.07) is 10.3. The van der Waals surface area contributed by atoms with Crippen LogP contribution in [0.4, 0.5) is 0 Å². The van der Waals surface area contributed by atoms with Crippen molar-refractivity contribution in [3.63, 3.8) is 0 Å². The molecule has 5 heteroatoms. The van der Waals surface area contributed by atoms with Gasteiger partial charge in [0.1, 0.15) is 0 Å². The lowest BCUT2D eigenvalue weighted by atomic mass is 10.2. The first-order valence-electron chi connectivity index (χ1n) is 6.52. The van der Waals surface area contributed by atoms with Gasteiger partial charge in [0.25, 0.3) is 5.56 Å². The number of hydrogen-bond donors (Lipinski definition) is 0. The molecule has 0 aliphatic carbocycles. The number of para-hydroxylation sites is 1. The Morgan fingerprint density at radius 2 is 1.80 bits per heavy atom. The van der Waals surface area contributed by atoms with Gasteiger partial charge in [-0.2, -0.15) is 0 Å². The second-order valence-electron chi connectivity index (χ2n) is 5.03. The molecule has 0 radical (unpaired) electrons. The van der Waals surface area contributed by atoms with E-state index in [0.29, 0.717) is 12.3 Å². The fourth-order valence-electron chi connectivity index (χ4n) is 1.86. The molecule has 0 fully saturated rings. The van der Waals surface area contributed by atoms with E-state index in [2.05, 4.69) is 0 Å². The average Bonchev–Trinajstić information content (AvgIpc) is 2.42. The van der Waals surface area contributed by atoms with Crippen molar-refractivity contribution in [3.8, 4) is 11.4 Å². The summed E-state index contributed by atoms with van der Waals surface area (Å²) in [6.07, 6.45) is 0. The van der Waals surface area contributed by atoms with Crippen molar-refractivity contribution in [2.24, 2.45) is 13.0 Å². The molecule has 5 nitrogen and oxygen atoms in total. The van der Waals surface area contributed by atoms with Crippen LogP contribution < -0.4 is 15.9 Å². The Morgan fingerprint density at radius 1 is 1.15 bits per heavy atom. The average molecular weight is 274 g/mol. The molecular weight excluding hydrogens is 256 g/mol. The smallest absolute Gasteiger partial charge is 0.307 e. The second kappa shape index (κ2) is 5.77. The van der Waals surface area contributed by atoms with Gasteiger partial charge in [0.2, 0.25) is 0 Å². The lowest BCUT2D eigenvalue weighted by Crippen LogP contribution is -2.36. The maximum absolute atomic E-state index is 12.2. The summed E-state index contributed by atoms with van der Waals surface area (Å²) in [5, 5.41) is 0. The fraction of sp³-hybridized carbons (Fsp3) is 0.333. The molecule has 1 heterocycles. The summed E-state index contributed by atoms with van der Waals surface area (Å²) >= 11 is 0.